The quantitative estimate of drug-likeness (QED) is 0.744. The van der Waals surface area contributed by atoms with Gasteiger partial charge in [-0.2, -0.15) is 0 Å². The Balaban J connectivity index is 1.70. The van der Waals surface area contributed by atoms with E-state index < -0.39 is 0 Å². The molecule has 2 aliphatic rings. The molecule has 2 saturated heterocycles. The van der Waals surface area contributed by atoms with Gasteiger partial charge in [0.15, 0.2) is 0 Å². The third kappa shape index (κ3) is 3.70. The van der Waals surface area contributed by atoms with Gasteiger partial charge >= 0.3 is 0 Å². The molecule has 0 amide bonds. The van der Waals surface area contributed by atoms with Crippen LogP contribution in [0, 0.1) is 0 Å². The highest BCUT2D eigenvalue weighted by molar-refractivity contribution is 4.74. The van der Waals surface area contributed by atoms with Gasteiger partial charge < -0.3 is 9.84 Å². The van der Waals surface area contributed by atoms with Crippen molar-refractivity contribution in [3.05, 3.63) is 0 Å². The van der Waals surface area contributed by atoms with Crippen LogP contribution in [-0.4, -0.2) is 73.5 Å². The highest BCUT2D eigenvalue weighted by Gasteiger charge is 2.21. The van der Waals surface area contributed by atoms with Gasteiger partial charge in [0.2, 0.25) is 0 Å². The number of rotatable bonds is 4. The number of aliphatic hydroxyl groups excluding tert-OH is 1. The standard InChI is InChI=1S/C12H24N2O2/c15-9-8-13-4-2-5-14(7-6-13)11-12-3-1-10-16-12/h12,15H,1-11H2. The number of hydrogen-bond acceptors (Lipinski definition) is 4. The Morgan fingerprint density at radius 2 is 1.88 bits per heavy atom. The molecule has 16 heavy (non-hydrogen) atoms. The van der Waals surface area contributed by atoms with E-state index >= 15 is 0 Å². The average molecular weight is 228 g/mol. The molecule has 0 aromatic heterocycles. The van der Waals surface area contributed by atoms with Crippen LogP contribution >= 0.6 is 0 Å². The van der Waals surface area contributed by atoms with Gasteiger partial charge in [0.25, 0.3) is 0 Å². The summed E-state index contributed by atoms with van der Waals surface area (Å²) in [5.74, 6) is 0. The SMILES string of the molecule is OCCN1CCCN(CC2CCCO2)CC1. The van der Waals surface area contributed by atoms with E-state index in [-0.39, 0.29) is 6.61 Å². The van der Waals surface area contributed by atoms with Crippen molar-refractivity contribution < 1.29 is 9.84 Å². The lowest BCUT2D eigenvalue weighted by Crippen LogP contribution is -2.36. The summed E-state index contributed by atoms with van der Waals surface area (Å²) in [6, 6.07) is 0. The van der Waals surface area contributed by atoms with E-state index in [1.807, 2.05) is 0 Å². The van der Waals surface area contributed by atoms with Gasteiger partial charge in [0, 0.05) is 32.8 Å². The molecular weight excluding hydrogens is 204 g/mol. The Hall–Kier alpha value is -0.160. The molecule has 0 aromatic rings. The van der Waals surface area contributed by atoms with Crippen molar-refractivity contribution in [3.63, 3.8) is 0 Å². The maximum atomic E-state index is 8.93. The zero-order chi connectivity index (χ0) is 11.2. The van der Waals surface area contributed by atoms with Gasteiger partial charge in [-0.25, -0.2) is 0 Å². The van der Waals surface area contributed by atoms with Crippen LogP contribution in [0.1, 0.15) is 19.3 Å². The Morgan fingerprint density at radius 3 is 2.62 bits per heavy atom. The Morgan fingerprint density at radius 1 is 1.06 bits per heavy atom. The molecule has 1 unspecified atom stereocenters. The number of hydrogen-bond donors (Lipinski definition) is 1. The van der Waals surface area contributed by atoms with Crippen molar-refractivity contribution in [2.75, 3.05) is 52.5 Å². The molecule has 2 heterocycles. The van der Waals surface area contributed by atoms with Crippen LogP contribution in [0.3, 0.4) is 0 Å². The number of aliphatic hydroxyl groups is 1. The highest BCUT2D eigenvalue weighted by atomic mass is 16.5. The minimum atomic E-state index is 0.283. The van der Waals surface area contributed by atoms with Gasteiger partial charge in [0.05, 0.1) is 12.7 Å². The molecular formula is C12H24N2O2. The zero-order valence-electron chi connectivity index (χ0n) is 10.1. The van der Waals surface area contributed by atoms with Crippen LogP contribution in [0.25, 0.3) is 0 Å². The van der Waals surface area contributed by atoms with Crippen molar-refractivity contribution in [1.82, 2.24) is 9.80 Å². The molecule has 1 N–H and O–H groups in total. The fourth-order valence-electron chi connectivity index (χ4n) is 2.65. The van der Waals surface area contributed by atoms with Crippen molar-refractivity contribution in [3.8, 4) is 0 Å². The summed E-state index contributed by atoms with van der Waals surface area (Å²) >= 11 is 0. The Labute approximate surface area is 98.2 Å². The summed E-state index contributed by atoms with van der Waals surface area (Å²) in [6.07, 6.45) is 4.16. The molecule has 0 saturated carbocycles. The van der Waals surface area contributed by atoms with Gasteiger partial charge in [-0.1, -0.05) is 0 Å². The topological polar surface area (TPSA) is 35.9 Å². The maximum absolute atomic E-state index is 8.93. The molecule has 1 atom stereocenters. The van der Waals surface area contributed by atoms with Crippen molar-refractivity contribution in [2.24, 2.45) is 0 Å². The van der Waals surface area contributed by atoms with Crippen molar-refractivity contribution in [1.29, 1.82) is 0 Å². The average Bonchev–Trinajstić information content (AvgIpc) is 2.68. The Bertz CT molecular complexity index is 195. The maximum Gasteiger partial charge on any atom is 0.0702 e. The summed E-state index contributed by atoms with van der Waals surface area (Å²) in [7, 11) is 0. The highest BCUT2D eigenvalue weighted by Crippen LogP contribution is 2.14. The van der Waals surface area contributed by atoms with E-state index in [9.17, 15) is 0 Å². The zero-order valence-corrected chi connectivity index (χ0v) is 10.1. The molecule has 4 nitrogen and oxygen atoms in total. The lowest BCUT2D eigenvalue weighted by molar-refractivity contribution is 0.0740. The summed E-state index contributed by atoms with van der Waals surface area (Å²) in [5.41, 5.74) is 0. The van der Waals surface area contributed by atoms with Crippen LogP contribution in [-0.2, 0) is 4.74 Å². The lowest BCUT2D eigenvalue weighted by atomic mass is 10.2. The molecule has 0 radical (unpaired) electrons. The normalized spacial score (nSPS) is 29.4. The fraction of sp³-hybridized carbons (Fsp3) is 1.00. The van der Waals surface area contributed by atoms with Crippen LogP contribution < -0.4 is 0 Å². The third-order valence-electron chi connectivity index (χ3n) is 3.58. The van der Waals surface area contributed by atoms with Crippen LogP contribution in [0.5, 0.6) is 0 Å². The fourth-order valence-corrected chi connectivity index (χ4v) is 2.65. The summed E-state index contributed by atoms with van der Waals surface area (Å²) < 4.78 is 5.68. The number of ether oxygens (including phenoxy) is 1. The number of nitrogens with zero attached hydrogens (tertiary/aromatic N) is 2. The molecule has 0 aliphatic carbocycles. The molecule has 2 fully saturated rings. The predicted octanol–water partition coefficient (Wildman–Crippen LogP) is 0.165. The number of β-amino-alcohol motifs (C(OH)–C–C–N with tert-alkyl or cyclic N) is 1. The van der Waals surface area contributed by atoms with Crippen LogP contribution in [0.4, 0.5) is 0 Å². The first-order valence-electron chi connectivity index (χ1n) is 6.55. The van der Waals surface area contributed by atoms with E-state index in [2.05, 4.69) is 9.80 Å². The summed E-state index contributed by atoms with van der Waals surface area (Å²) in [4.78, 5) is 4.88. The van der Waals surface area contributed by atoms with Gasteiger partial charge in [-0.05, 0) is 32.4 Å². The molecule has 0 aromatic carbocycles. The smallest absolute Gasteiger partial charge is 0.0702 e. The minimum absolute atomic E-state index is 0.283. The second-order valence-corrected chi connectivity index (χ2v) is 4.85. The molecule has 2 rings (SSSR count). The van der Waals surface area contributed by atoms with Gasteiger partial charge in [-0.15, -0.1) is 0 Å². The van der Waals surface area contributed by atoms with Crippen molar-refractivity contribution >= 4 is 0 Å². The third-order valence-corrected chi connectivity index (χ3v) is 3.58. The second-order valence-electron chi connectivity index (χ2n) is 4.85. The summed E-state index contributed by atoms with van der Waals surface area (Å²) in [5, 5.41) is 8.93. The first kappa shape index (κ1) is 12.3. The predicted molar refractivity (Wildman–Crippen MR) is 63.6 cm³/mol. The largest absolute Gasteiger partial charge is 0.395 e. The molecule has 0 spiro atoms. The van der Waals surface area contributed by atoms with Gasteiger partial charge in [-0.3, -0.25) is 9.80 Å². The first-order chi connectivity index (χ1) is 7.88. The van der Waals surface area contributed by atoms with Crippen LogP contribution in [0.2, 0.25) is 0 Å². The van der Waals surface area contributed by atoms with E-state index in [4.69, 9.17) is 9.84 Å². The molecule has 4 heteroatoms. The molecule has 94 valence electrons. The van der Waals surface area contributed by atoms with E-state index in [0.717, 1.165) is 39.3 Å². The lowest BCUT2D eigenvalue weighted by Gasteiger charge is -2.23. The molecule has 0 bridgehead atoms. The van der Waals surface area contributed by atoms with Crippen LogP contribution in [0.15, 0.2) is 0 Å². The first-order valence-corrected chi connectivity index (χ1v) is 6.55. The minimum Gasteiger partial charge on any atom is -0.395 e. The van der Waals surface area contributed by atoms with E-state index in [0.29, 0.717) is 6.10 Å². The van der Waals surface area contributed by atoms with E-state index in [1.165, 1.54) is 25.8 Å². The van der Waals surface area contributed by atoms with Gasteiger partial charge in [0.1, 0.15) is 0 Å². The Kier molecular flexibility index (Phi) is 5.03. The van der Waals surface area contributed by atoms with Crippen molar-refractivity contribution in [2.45, 2.75) is 25.4 Å². The summed E-state index contributed by atoms with van der Waals surface area (Å²) in [6.45, 7) is 7.69. The van der Waals surface area contributed by atoms with E-state index in [1.54, 1.807) is 0 Å². The molecule has 2 aliphatic heterocycles. The monoisotopic (exact) mass is 228 g/mol. The second kappa shape index (κ2) is 6.55.